The van der Waals surface area contributed by atoms with Crippen LogP contribution in [-0.4, -0.2) is 40.6 Å². The maximum atomic E-state index is 10.6. The van der Waals surface area contributed by atoms with E-state index >= 15 is 0 Å². The average molecular weight is 324 g/mol. The number of hydrogen-bond donors (Lipinski definition) is 2. The summed E-state index contributed by atoms with van der Waals surface area (Å²) in [6, 6.07) is 0.125. The largest absolute Gasteiger partial charge is 0.534 e. The van der Waals surface area contributed by atoms with Crippen molar-refractivity contribution in [2.24, 2.45) is 0 Å². The Morgan fingerprint density at radius 2 is 1.68 bits per heavy atom. The van der Waals surface area contributed by atoms with Crippen molar-refractivity contribution in [3.05, 3.63) is 6.20 Å². The molecule has 0 atom stereocenters. The Labute approximate surface area is 124 Å². The van der Waals surface area contributed by atoms with Crippen molar-refractivity contribution >= 4 is 24.8 Å². The lowest BCUT2D eigenvalue weighted by Crippen LogP contribution is -2.41. The SMILES string of the molecule is CC1(C)OB(c2cnc(N)o2)OC1(C)C.O=C(O)C(F)(F)F. The first kappa shape index (κ1) is 18.3. The van der Waals surface area contributed by atoms with E-state index in [-0.39, 0.29) is 17.2 Å². The summed E-state index contributed by atoms with van der Waals surface area (Å²) in [6.07, 6.45) is -3.56. The first-order valence-corrected chi connectivity index (χ1v) is 6.13. The zero-order chi connectivity index (χ0) is 17.3. The molecular formula is C11H16BF3N2O5. The van der Waals surface area contributed by atoms with Gasteiger partial charge in [-0.15, -0.1) is 0 Å². The number of halogens is 3. The molecule has 0 spiro atoms. The van der Waals surface area contributed by atoms with Crippen LogP contribution >= 0.6 is 0 Å². The summed E-state index contributed by atoms with van der Waals surface area (Å²) in [4.78, 5) is 12.7. The molecule has 0 bridgehead atoms. The van der Waals surface area contributed by atoms with Crippen LogP contribution in [0.1, 0.15) is 27.7 Å². The van der Waals surface area contributed by atoms with E-state index in [4.69, 9.17) is 29.4 Å². The minimum atomic E-state index is -5.08. The van der Waals surface area contributed by atoms with Crippen LogP contribution < -0.4 is 11.4 Å². The fourth-order valence-corrected chi connectivity index (χ4v) is 1.37. The number of nitrogen functional groups attached to an aromatic ring is 1. The number of nitrogens with two attached hydrogens (primary N) is 1. The average Bonchev–Trinajstić information content (AvgIpc) is 2.81. The van der Waals surface area contributed by atoms with Crippen LogP contribution in [0.3, 0.4) is 0 Å². The number of carboxylic acids is 1. The summed E-state index contributed by atoms with van der Waals surface area (Å²) in [5.74, 6) is -2.76. The molecule has 3 N–H and O–H groups in total. The molecule has 1 aliphatic heterocycles. The first-order chi connectivity index (χ1) is 9.76. The van der Waals surface area contributed by atoms with Gasteiger partial charge in [-0.2, -0.15) is 13.2 Å². The highest BCUT2D eigenvalue weighted by atomic mass is 19.4. The zero-order valence-electron chi connectivity index (χ0n) is 12.4. The Balaban J connectivity index is 0.000000295. The molecule has 11 heteroatoms. The van der Waals surface area contributed by atoms with Gasteiger partial charge in [-0.3, -0.25) is 0 Å². The van der Waals surface area contributed by atoms with Crippen molar-refractivity contribution in [1.29, 1.82) is 0 Å². The number of nitrogens with zero attached hydrogens (tertiary/aromatic N) is 1. The van der Waals surface area contributed by atoms with Crippen LogP contribution in [0, 0.1) is 0 Å². The molecule has 124 valence electrons. The molecule has 2 heterocycles. The van der Waals surface area contributed by atoms with E-state index < -0.39 is 19.3 Å². The molecule has 1 saturated heterocycles. The second-order valence-electron chi connectivity index (χ2n) is 5.49. The fraction of sp³-hybridized carbons (Fsp3) is 0.636. The third-order valence-corrected chi connectivity index (χ3v) is 3.27. The van der Waals surface area contributed by atoms with Gasteiger partial charge < -0.3 is 24.6 Å². The van der Waals surface area contributed by atoms with E-state index in [1.165, 1.54) is 6.20 Å². The van der Waals surface area contributed by atoms with E-state index in [0.29, 0.717) is 5.66 Å². The van der Waals surface area contributed by atoms with E-state index in [0.717, 1.165) is 0 Å². The highest BCUT2D eigenvalue weighted by molar-refractivity contribution is 6.60. The molecule has 0 radical (unpaired) electrons. The lowest BCUT2D eigenvalue weighted by molar-refractivity contribution is -0.192. The van der Waals surface area contributed by atoms with Gasteiger partial charge in [-0.25, -0.2) is 9.78 Å². The Kier molecular flexibility index (Phi) is 4.83. The fourth-order valence-electron chi connectivity index (χ4n) is 1.37. The molecule has 7 nitrogen and oxygen atoms in total. The molecule has 0 amide bonds. The molecular weight excluding hydrogens is 308 g/mol. The number of hydrogen-bond acceptors (Lipinski definition) is 6. The summed E-state index contributed by atoms with van der Waals surface area (Å²) in [6.45, 7) is 7.92. The minimum absolute atomic E-state index is 0.125. The van der Waals surface area contributed by atoms with Crippen LogP contribution in [0.25, 0.3) is 0 Å². The zero-order valence-corrected chi connectivity index (χ0v) is 12.4. The third kappa shape index (κ3) is 4.13. The maximum Gasteiger partial charge on any atom is 0.534 e. The van der Waals surface area contributed by atoms with Gasteiger partial charge in [-0.05, 0) is 27.7 Å². The number of carbonyl (C=O) groups is 1. The molecule has 0 aliphatic carbocycles. The number of rotatable bonds is 1. The highest BCUT2D eigenvalue weighted by Gasteiger charge is 2.53. The standard InChI is InChI=1S/C9H15BN2O3.C2HF3O2/c1-8(2)9(3,4)15-10(14-8)6-5-12-7(11)13-6;3-2(4,5)1(6)7/h5H,1-4H3,(H2,11,12);(H,6,7). The van der Waals surface area contributed by atoms with Crippen molar-refractivity contribution in [2.75, 3.05) is 5.73 Å². The van der Waals surface area contributed by atoms with Crippen molar-refractivity contribution in [1.82, 2.24) is 4.98 Å². The van der Waals surface area contributed by atoms with Gasteiger partial charge in [0.1, 0.15) is 0 Å². The molecule has 0 saturated carbocycles. The lowest BCUT2D eigenvalue weighted by atomic mass is 9.87. The molecule has 1 fully saturated rings. The second kappa shape index (κ2) is 5.80. The van der Waals surface area contributed by atoms with Gasteiger partial charge >= 0.3 is 19.3 Å². The lowest BCUT2D eigenvalue weighted by Gasteiger charge is -2.32. The van der Waals surface area contributed by atoms with Gasteiger partial charge in [0.05, 0.1) is 17.4 Å². The molecule has 1 aromatic rings. The molecule has 0 aromatic carbocycles. The van der Waals surface area contributed by atoms with Gasteiger partial charge in [0.25, 0.3) is 6.01 Å². The summed E-state index contributed by atoms with van der Waals surface area (Å²) in [7, 11) is -0.528. The predicted molar refractivity (Wildman–Crippen MR) is 70.3 cm³/mol. The third-order valence-electron chi connectivity index (χ3n) is 3.27. The smallest absolute Gasteiger partial charge is 0.475 e. The molecule has 0 unspecified atom stereocenters. The Morgan fingerprint density at radius 1 is 1.27 bits per heavy atom. The summed E-state index contributed by atoms with van der Waals surface area (Å²) in [5.41, 5.74) is 5.15. The van der Waals surface area contributed by atoms with E-state index in [2.05, 4.69) is 4.98 Å². The Hall–Kier alpha value is -1.75. The van der Waals surface area contributed by atoms with Crippen molar-refractivity contribution in [3.63, 3.8) is 0 Å². The summed E-state index contributed by atoms with van der Waals surface area (Å²) < 4.78 is 48.4. The number of aromatic nitrogens is 1. The Bertz CT molecular complexity index is 528. The summed E-state index contributed by atoms with van der Waals surface area (Å²) >= 11 is 0. The number of oxazole rings is 1. The van der Waals surface area contributed by atoms with Gasteiger partial charge in [0.2, 0.25) is 0 Å². The molecule has 22 heavy (non-hydrogen) atoms. The van der Waals surface area contributed by atoms with Crippen molar-refractivity contribution in [3.8, 4) is 0 Å². The van der Waals surface area contributed by atoms with E-state index in [1.54, 1.807) is 0 Å². The quantitative estimate of drug-likeness (QED) is 0.747. The first-order valence-electron chi connectivity index (χ1n) is 6.13. The maximum absolute atomic E-state index is 10.6. The number of aliphatic carboxylic acids is 1. The molecule has 1 aliphatic rings. The van der Waals surface area contributed by atoms with Gasteiger partial charge in [0.15, 0.2) is 5.66 Å². The number of alkyl halides is 3. The summed E-state index contributed by atoms with van der Waals surface area (Å²) in [5, 5.41) is 7.12. The van der Waals surface area contributed by atoms with E-state index in [1.807, 2.05) is 27.7 Å². The van der Waals surface area contributed by atoms with Crippen LogP contribution in [0.15, 0.2) is 10.6 Å². The van der Waals surface area contributed by atoms with Gasteiger partial charge in [0, 0.05) is 0 Å². The second-order valence-corrected chi connectivity index (χ2v) is 5.49. The van der Waals surface area contributed by atoms with Crippen LogP contribution in [0.2, 0.25) is 0 Å². The van der Waals surface area contributed by atoms with Crippen molar-refractivity contribution < 1.29 is 36.8 Å². The molecule has 1 aromatic heterocycles. The van der Waals surface area contributed by atoms with Crippen molar-refractivity contribution in [2.45, 2.75) is 45.1 Å². The van der Waals surface area contributed by atoms with Crippen LogP contribution in [0.5, 0.6) is 0 Å². The predicted octanol–water partition coefficient (Wildman–Crippen LogP) is 1.19. The number of anilines is 1. The highest BCUT2D eigenvalue weighted by Crippen LogP contribution is 2.36. The monoisotopic (exact) mass is 324 g/mol. The normalized spacial score (nSPS) is 19.5. The number of carboxylic acid groups (broad SMARTS) is 1. The topological polar surface area (TPSA) is 108 Å². The van der Waals surface area contributed by atoms with E-state index in [9.17, 15) is 13.2 Å². The Morgan fingerprint density at radius 3 is 1.95 bits per heavy atom. The van der Waals surface area contributed by atoms with Gasteiger partial charge in [-0.1, -0.05) is 0 Å². The minimum Gasteiger partial charge on any atom is -0.475 e. The van der Waals surface area contributed by atoms with Crippen LogP contribution in [-0.2, 0) is 14.1 Å². The van der Waals surface area contributed by atoms with Crippen LogP contribution in [0.4, 0.5) is 19.2 Å². The molecule has 2 rings (SSSR count).